The van der Waals surface area contributed by atoms with E-state index in [1.807, 2.05) is 26.0 Å². The van der Waals surface area contributed by atoms with Gasteiger partial charge in [0.25, 0.3) is 0 Å². The monoisotopic (exact) mass is 310 g/mol. The van der Waals surface area contributed by atoms with Gasteiger partial charge in [0.05, 0.1) is 4.90 Å². The highest BCUT2D eigenvalue weighted by molar-refractivity contribution is 7.89. The van der Waals surface area contributed by atoms with Gasteiger partial charge < -0.3 is 5.73 Å². The van der Waals surface area contributed by atoms with Gasteiger partial charge >= 0.3 is 0 Å². The molecule has 1 aromatic rings. The van der Waals surface area contributed by atoms with E-state index < -0.39 is 15.6 Å². The molecule has 0 atom stereocenters. The van der Waals surface area contributed by atoms with Crippen LogP contribution in [0.5, 0.6) is 0 Å². The Hall–Kier alpha value is -0.910. The van der Waals surface area contributed by atoms with Crippen molar-refractivity contribution in [3.8, 4) is 0 Å². The molecule has 1 fully saturated rings. The lowest BCUT2D eigenvalue weighted by Gasteiger charge is -2.32. The number of nitrogens with one attached hydrogen (secondary N) is 1. The van der Waals surface area contributed by atoms with Gasteiger partial charge in [0.15, 0.2) is 0 Å². The molecular weight excluding hydrogens is 284 g/mol. The highest BCUT2D eigenvalue weighted by Gasteiger charge is 2.34. The SMILES string of the molecule is Cc1ccc(C)c(S(=O)(=O)NC2(CN)CCCCCC2)c1. The molecule has 0 spiro atoms. The van der Waals surface area contributed by atoms with Crippen LogP contribution in [-0.4, -0.2) is 20.5 Å². The summed E-state index contributed by atoms with van der Waals surface area (Å²) in [5.74, 6) is 0. The van der Waals surface area contributed by atoms with E-state index in [1.165, 1.54) is 0 Å². The number of hydrogen-bond donors (Lipinski definition) is 2. The van der Waals surface area contributed by atoms with Crippen LogP contribution in [0.2, 0.25) is 0 Å². The third kappa shape index (κ3) is 3.84. The zero-order chi connectivity index (χ0) is 15.5. The molecule has 5 heteroatoms. The third-order valence-corrected chi connectivity index (χ3v) is 6.16. The lowest BCUT2D eigenvalue weighted by Crippen LogP contribution is -2.53. The molecule has 0 aromatic heterocycles. The molecule has 0 heterocycles. The van der Waals surface area contributed by atoms with Crippen LogP contribution in [0.3, 0.4) is 0 Å². The summed E-state index contributed by atoms with van der Waals surface area (Å²) >= 11 is 0. The van der Waals surface area contributed by atoms with Gasteiger partial charge in [-0.05, 0) is 43.9 Å². The summed E-state index contributed by atoms with van der Waals surface area (Å²) in [6, 6.07) is 5.52. The molecule has 1 aromatic carbocycles. The Morgan fingerprint density at radius 3 is 2.33 bits per heavy atom. The topological polar surface area (TPSA) is 72.2 Å². The first kappa shape index (κ1) is 16.5. The number of nitrogens with two attached hydrogens (primary N) is 1. The highest BCUT2D eigenvalue weighted by Crippen LogP contribution is 2.29. The Morgan fingerprint density at radius 2 is 1.76 bits per heavy atom. The van der Waals surface area contributed by atoms with Gasteiger partial charge in [0.1, 0.15) is 0 Å². The second kappa shape index (κ2) is 6.46. The molecule has 0 aliphatic heterocycles. The molecule has 0 unspecified atom stereocenters. The predicted octanol–water partition coefficient (Wildman–Crippen LogP) is 2.63. The fourth-order valence-corrected chi connectivity index (χ4v) is 4.89. The Morgan fingerprint density at radius 1 is 1.14 bits per heavy atom. The lowest BCUT2D eigenvalue weighted by atomic mass is 9.92. The minimum absolute atomic E-state index is 0.358. The molecule has 2 rings (SSSR count). The smallest absolute Gasteiger partial charge is 0.241 e. The largest absolute Gasteiger partial charge is 0.329 e. The maximum absolute atomic E-state index is 12.8. The van der Waals surface area contributed by atoms with Gasteiger partial charge in [0, 0.05) is 12.1 Å². The molecule has 0 amide bonds. The quantitative estimate of drug-likeness (QED) is 0.840. The van der Waals surface area contributed by atoms with Gasteiger partial charge in [-0.3, -0.25) is 0 Å². The van der Waals surface area contributed by atoms with Crippen LogP contribution in [0.1, 0.15) is 49.7 Å². The molecule has 118 valence electrons. The summed E-state index contributed by atoms with van der Waals surface area (Å²) in [4.78, 5) is 0.375. The summed E-state index contributed by atoms with van der Waals surface area (Å²) in [6.45, 7) is 4.09. The van der Waals surface area contributed by atoms with Crippen molar-refractivity contribution in [3.63, 3.8) is 0 Å². The number of aryl methyl sites for hydroxylation is 2. The summed E-state index contributed by atoms with van der Waals surface area (Å²) in [6.07, 6.45) is 6.04. The van der Waals surface area contributed by atoms with Crippen molar-refractivity contribution in [1.82, 2.24) is 4.72 Å². The van der Waals surface area contributed by atoms with E-state index >= 15 is 0 Å². The van der Waals surface area contributed by atoms with E-state index in [2.05, 4.69) is 4.72 Å². The van der Waals surface area contributed by atoms with Crippen molar-refractivity contribution in [3.05, 3.63) is 29.3 Å². The third-order valence-electron chi connectivity index (χ3n) is 4.44. The lowest BCUT2D eigenvalue weighted by molar-refractivity contribution is 0.342. The van der Waals surface area contributed by atoms with Crippen LogP contribution in [-0.2, 0) is 10.0 Å². The molecule has 0 saturated heterocycles. The van der Waals surface area contributed by atoms with E-state index in [0.29, 0.717) is 11.4 Å². The fraction of sp³-hybridized carbons (Fsp3) is 0.625. The molecule has 1 aliphatic carbocycles. The van der Waals surface area contributed by atoms with E-state index in [9.17, 15) is 8.42 Å². The first-order valence-electron chi connectivity index (χ1n) is 7.70. The average Bonchev–Trinajstić information content (AvgIpc) is 2.67. The van der Waals surface area contributed by atoms with Crippen LogP contribution in [0.4, 0.5) is 0 Å². The van der Waals surface area contributed by atoms with Gasteiger partial charge in [-0.15, -0.1) is 0 Å². The van der Waals surface area contributed by atoms with Crippen LogP contribution in [0.25, 0.3) is 0 Å². The molecule has 1 saturated carbocycles. The van der Waals surface area contributed by atoms with Gasteiger partial charge in [-0.25, -0.2) is 13.1 Å². The highest BCUT2D eigenvalue weighted by atomic mass is 32.2. The molecule has 1 aliphatic rings. The van der Waals surface area contributed by atoms with Crippen molar-refractivity contribution in [2.75, 3.05) is 6.54 Å². The van der Waals surface area contributed by atoms with Crippen LogP contribution in [0, 0.1) is 13.8 Å². The first-order chi connectivity index (χ1) is 9.88. The molecule has 3 N–H and O–H groups in total. The van der Waals surface area contributed by atoms with Gasteiger partial charge in [0.2, 0.25) is 10.0 Å². The number of sulfonamides is 1. The molecule has 0 radical (unpaired) electrons. The van der Waals surface area contributed by atoms with Crippen molar-refractivity contribution < 1.29 is 8.42 Å². The van der Waals surface area contributed by atoms with Crippen molar-refractivity contribution in [2.24, 2.45) is 5.73 Å². The normalized spacial score (nSPS) is 19.2. The Kier molecular flexibility index (Phi) is 5.07. The predicted molar refractivity (Wildman–Crippen MR) is 85.7 cm³/mol. The summed E-state index contributed by atoms with van der Waals surface area (Å²) in [5.41, 5.74) is 7.17. The fourth-order valence-electron chi connectivity index (χ4n) is 3.09. The second-order valence-corrected chi connectivity index (χ2v) is 7.92. The number of rotatable bonds is 4. The number of benzene rings is 1. The van der Waals surface area contributed by atoms with Crippen LogP contribution < -0.4 is 10.5 Å². The van der Waals surface area contributed by atoms with Crippen LogP contribution >= 0.6 is 0 Å². The molecular formula is C16H26N2O2S. The standard InChI is InChI=1S/C16H26N2O2S/c1-13-7-8-14(2)15(11-13)21(19,20)18-16(12-17)9-5-3-4-6-10-16/h7-8,11,18H,3-6,9-10,12,17H2,1-2H3. The van der Waals surface area contributed by atoms with E-state index in [-0.39, 0.29) is 0 Å². The first-order valence-corrected chi connectivity index (χ1v) is 9.18. The summed E-state index contributed by atoms with van der Waals surface area (Å²) in [7, 11) is -3.53. The average molecular weight is 310 g/mol. The molecule has 0 bridgehead atoms. The van der Waals surface area contributed by atoms with Gasteiger partial charge in [-0.2, -0.15) is 0 Å². The summed E-state index contributed by atoms with van der Waals surface area (Å²) in [5, 5.41) is 0. The van der Waals surface area contributed by atoms with Crippen molar-refractivity contribution in [1.29, 1.82) is 0 Å². The summed E-state index contributed by atoms with van der Waals surface area (Å²) < 4.78 is 28.5. The van der Waals surface area contributed by atoms with Crippen molar-refractivity contribution >= 4 is 10.0 Å². The Labute approximate surface area is 128 Å². The second-order valence-electron chi connectivity index (χ2n) is 6.27. The van der Waals surface area contributed by atoms with Crippen LogP contribution in [0.15, 0.2) is 23.1 Å². The minimum atomic E-state index is -3.53. The maximum Gasteiger partial charge on any atom is 0.241 e. The van der Waals surface area contributed by atoms with Crippen molar-refractivity contribution in [2.45, 2.75) is 62.8 Å². The van der Waals surface area contributed by atoms with E-state index in [0.717, 1.165) is 49.7 Å². The maximum atomic E-state index is 12.8. The molecule has 4 nitrogen and oxygen atoms in total. The van der Waals surface area contributed by atoms with E-state index in [4.69, 9.17) is 5.73 Å². The minimum Gasteiger partial charge on any atom is -0.329 e. The number of hydrogen-bond acceptors (Lipinski definition) is 3. The van der Waals surface area contributed by atoms with E-state index in [1.54, 1.807) is 6.07 Å². The zero-order valence-electron chi connectivity index (χ0n) is 13.0. The Bertz CT molecular complexity index is 588. The van der Waals surface area contributed by atoms with Gasteiger partial charge in [-0.1, -0.05) is 37.8 Å². The Balaban J connectivity index is 2.32. The molecule has 21 heavy (non-hydrogen) atoms. The zero-order valence-corrected chi connectivity index (χ0v) is 13.8.